The van der Waals surface area contributed by atoms with E-state index in [4.69, 9.17) is 9.15 Å². The minimum absolute atomic E-state index is 0.0227. The summed E-state index contributed by atoms with van der Waals surface area (Å²) in [6, 6.07) is 9.63. The zero-order valence-corrected chi connectivity index (χ0v) is 15.8. The molecule has 0 spiro atoms. The first-order chi connectivity index (χ1) is 13.7. The van der Waals surface area contributed by atoms with E-state index in [0.29, 0.717) is 31.5 Å². The van der Waals surface area contributed by atoms with Gasteiger partial charge < -0.3 is 24.3 Å². The van der Waals surface area contributed by atoms with Crippen molar-refractivity contribution >= 4 is 23.2 Å². The summed E-state index contributed by atoms with van der Waals surface area (Å²) in [6.07, 6.45) is 4.29. The quantitative estimate of drug-likeness (QED) is 0.878. The molecule has 7 heteroatoms. The van der Waals surface area contributed by atoms with Crippen LogP contribution in [0.1, 0.15) is 23.2 Å². The number of morpholine rings is 1. The van der Waals surface area contributed by atoms with Crippen LogP contribution in [0.25, 0.3) is 0 Å². The van der Waals surface area contributed by atoms with Crippen molar-refractivity contribution in [2.75, 3.05) is 49.6 Å². The number of anilines is 2. The molecule has 7 nitrogen and oxygen atoms in total. The van der Waals surface area contributed by atoms with Crippen molar-refractivity contribution in [3.8, 4) is 0 Å². The third-order valence-corrected chi connectivity index (χ3v) is 5.43. The van der Waals surface area contributed by atoms with Crippen LogP contribution in [0.2, 0.25) is 0 Å². The Morgan fingerprint density at radius 2 is 1.68 bits per heavy atom. The van der Waals surface area contributed by atoms with E-state index in [2.05, 4.69) is 10.2 Å². The molecule has 2 saturated heterocycles. The number of likely N-dealkylation sites (tertiary alicyclic amines) is 1. The molecular formula is C21H25N3O4. The van der Waals surface area contributed by atoms with E-state index in [1.807, 2.05) is 24.3 Å². The second-order valence-electron chi connectivity index (χ2n) is 7.21. The second kappa shape index (κ2) is 8.48. The predicted octanol–water partition coefficient (Wildman–Crippen LogP) is 2.61. The maximum Gasteiger partial charge on any atom is 0.257 e. The van der Waals surface area contributed by atoms with Gasteiger partial charge in [0.1, 0.15) is 6.26 Å². The largest absolute Gasteiger partial charge is 0.472 e. The van der Waals surface area contributed by atoms with Crippen LogP contribution in [0.5, 0.6) is 0 Å². The highest BCUT2D eigenvalue weighted by Gasteiger charge is 2.28. The number of ether oxygens (including phenoxy) is 1. The minimum atomic E-state index is -0.0766. The molecule has 0 atom stereocenters. The van der Waals surface area contributed by atoms with Gasteiger partial charge in [-0.1, -0.05) is 0 Å². The summed E-state index contributed by atoms with van der Waals surface area (Å²) in [7, 11) is 0. The van der Waals surface area contributed by atoms with Gasteiger partial charge in [0.2, 0.25) is 5.91 Å². The van der Waals surface area contributed by atoms with Gasteiger partial charge in [0.05, 0.1) is 25.0 Å². The van der Waals surface area contributed by atoms with E-state index in [9.17, 15) is 9.59 Å². The molecule has 2 aromatic rings. The van der Waals surface area contributed by atoms with Crippen molar-refractivity contribution in [3.05, 3.63) is 48.4 Å². The zero-order valence-electron chi connectivity index (χ0n) is 15.8. The van der Waals surface area contributed by atoms with Gasteiger partial charge in [0.15, 0.2) is 0 Å². The van der Waals surface area contributed by atoms with Crippen molar-refractivity contribution in [1.82, 2.24) is 4.90 Å². The van der Waals surface area contributed by atoms with E-state index in [1.165, 1.54) is 12.5 Å². The summed E-state index contributed by atoms with van der Waals surface area (Å²) in [6.45, 7) is 4.44. The monoisotopic (exact) mass is 383 g/mol. The van der Waals surface area contributed by atoms with Gasteiger partial charge in [-0.3, -0.25) is 9.59 Å². The zero-order chi connectivity index (χ0) is 19.3. The highest BCUT2D eigenvalue weighted by molar-refractivity contribution is 5.95. The molecule has 2 aliphatic heterocycles. The first kappa shape index (κ1) is 18.6. The van der Waals surface area contributed by atoms with Crippen LogP contribution in [0, 0.1) is 5.92 Å². The lowest BCUT2D eigenvalue weighted by molar-refractivity contribution is -0.121. The number of rotatable bonds is 4. The maximum atomic E-state index is 12.6. The third kappa shape index (κ3) is 4.20. The SMILES string of the molecule is O=C(Nc1ccc(N2CCOCC2)cc1)C1CCN(C(=O)c2ccoc2)CC1. The Labute approximate surface area is 164 Å². The Morgan fingerprint density at radius 3 is 2.32 bits per heavy atom. The van der Waals surface area contributed by atoms with Crippen molar-refractivity contribution in [2.24, 2.45) is 5.92 Å². The molecule has 0 radical (unpaired) electrons. The molecule has 3 heterocycles. The molecule has 0 bridgehead atoms. The summed E-state index contributed by atoms with van der Waals surface area (Å²) >= 11 is 0. The fourth-order valence-electron chi connectivity index (χ4n) is 3.73. The molecule has 1 N–H and O–H groups in total. The van der Waals surface area contributed by atoms with Crippen molar-refractivity contribution in [2.45, 2.75) is 12.8 Å². The van der Waals surface area contributed by atoms with Gasteiger partial charge >= 0.3 is 0 Å². The fourth-order valence-corrected chi connectivity index (χ4v) is 3.73. The number of carbonyl (C=O) groups excluding carboxylic acids is 2. The highest BCUT2D eigenvalue weighted by Crippen LogP contribution is 2.23. The average Bonchev–Trinajstić information content (AvgIpc) is 3.29. The Kier molecular flexibility index (Phi) is 5.62. The van der Waals surface area contributed by atoms with E-state index >= 15 is 0 Å². The number of benzene rings is 1. The van der Waals surface area contributed by atoms with Crippen LogP contribution in [0.4, 0.5) is 11.4 Å². The Bertz CT molecular complexity index is 790. The van der Waals surface area contributed by atoms with Crippen LogP contribution in [0.3, 0.4) is 0 Å². The highest BCUT2D eigenvalue weighted by atomic mass is 16.5. The third-order valence-electron chi connectivity index (χ3n) is 5.43. The smallest absolute Gasteiger partial charge is 0.257 e. The number of piperidine rings is 1. The lowest BCUT2D eigenvalue weighted by Crippen LogP contribution is -2.41. The molecule has 2 fully saturated rings. The molecule has 0 saturated carbocycles. The van der Waals surface area contributed by atoms with E-state index < -0.39 is 0 Å². The van der Waals surface area contributed by atoms with Gasteiger partial charge in [-0.15, -0.1) is 0 Å². The Hall–Kier alpha value is -2.80. The van der Waals surface area contributed by atoms with E-state index in [1.54, 1.807) is 11.0 Å². The second-order valence-corrected chi connectivity index (χ2v) is 7.21. The van der Waals surface area contributed by atoms with Crippen LogP contribution >= 0.6 is 0 Å². The summed E-state index contributed by atoms with van der Waals surface area (Å²) in [5.74, 6) is -0.0897. The molecule has 4 rings (SSSR count). The van der Waals surface area contributed by atoms with E-state index in [0.717, 1.165) is 37.7 Å². The minimum Gasteiger partial charge on any atom is -0.472 e. The van der Waals surface area contributed by atoms with Gasteiger partial charge in [-0.25, -0.2) is 0 Å². The molecule has 148 valence electrons. The standard InChI is InChI=1S/C21H25N3O4/c25-20(16-5-8-24(9-6-16)21(26)17-7-12-28-15-17)22-18-1-3-19(4-2-18)23-10-13-27-14-11-23/h1-4,7,12,15-16H,5-6,8-11,13-14H2,(H,22,25). The van der Waals surface area contributed by atoms with Crippen molar-refractivity contribution in [1.29, 1.82) is 0 Å². The molecule has 0 unspecified atom stereocenters. The molecular weight excluding hydrogens is 358 g/mol. The Balaban J connectivity index is 1.28. The molecule has 28 heavy (non-hydrogen) atoms. The van der Waals surface area contributed by atoms with Crippen molar-refractivity contribution in [3.63, 3.8) is 0 Å². The number of hydrogen-bond acceptors (Lipinski definition) is 5. The lowest BCUT2D eigenvalue weighted by atomic mass is 9.95. The summed E-state index contributed by atoms with van der Waals surface area (Å²) in [5.41, 5.74) is 2.51. The van der Waals surface area contributed by atoms with Crippen LogP contribution in [-0.4, -0.2) is 56.1 Å². The summed E-state index contributed by atoms with van der Waals surface area (Å²) < 4.78 is 10.4. The number of nitrogens with zero attached hydrogens (tertiary/aromatic N) is 2. The fraction of sp³-hybridized carbons (Fsp3) is 0.429. The molecule has 2 amide bonds. The topological polar surface area (TPSA) is 75.0 Å². The summed E-state index contributed by atoms with van der Waals surface area (Å²) in [4.78, 5) is 29.0. The number of carbonyl (C=O) groups is 2. The van der Waals surface area contributed by atoms with Crippen LogP contribution in [-0.2, 0) is 9.53 Å². The van der Waals surface area contributed by atoms with Gasteiger partial charge in [0.25, 0.3) is 5.91 Å². The Morgan fingerprint density at radius 1 is 0.964 bits per heavy atom. The normalized spacial score (nSPS) is 18.1. The number of furan rings is 1. The predicted molar refractivity (Wildman–Crippen MR) is 105 cm³/mol. The van der Waals surface area contributed by atoms with E-state index in [-0.39, 0.29) is 17.7 Å². The first-order valence-electron chi connectivity index (χ1n) is 9.76. The van der Waals surface area contributed by atoms with Gasteiger partial charge in [-0.05, 0) is 43.2 Å². The van der Waals surface area contributed by atoms with Crippen molar-refractivity contribution < 1.29 is 18.7 Å². The first-order valence-corrected chi connectivity index (χ1v) is 9.76. The molecule has 0 aliphatic carbocycles. The van der Waals surface area contributed by atoms with Crippen LogP contribution < -0.4 is 10.2 Å². The number of hydrogen-bond donors (Lipinski definition) is 1. The van der Waals surface area contributed by atoms with Crippen LogP contribution in [0.15, 0.2) is 47.3 Å². The lowest BCUT2D eigenvalue weighted by Gasteiger charge is -2.31. The summed E-state index contributed by atoms with van der Waals surface area (Å²) in [5, 5.41) is 3.01. The molecule has 1 aromatic carbocycles. The number of nitrogens with one attached hydrogen (secondary N) is 1. The maximum absolute atomic E-state index is 12.6. The number of amides is 2. The van der Waals surface area contributed by atoms with Gasteiger partial charge in [0, 0.05) is 43.5 Å². The molecule has 2 aliphatic rings. The molecule has 1 aromatic heterocycles. The average molecular weight is 383 g/mol. The van der Waals surface area contributed by atoms with Gasteiger partial charge in [-0.2, -0.15) is 0 Å².